The van der Waals surface area contributed by atoms with Crippen LogP contribution in [0.1, 0.15) is 62.5 Å². The summed E-state index contributed by atoms with van der Waals surface area (Å²) in [5, 5.41) is 18.9. The molecule has 1 fully saturated rings. The summed E-state index contributed by atoms with van der Waals surface area (Å²) in [6, 6.07) is 5.98. The maximum Gasteiger partial charge on any atom is 0.488 e. The van der Waals surface area contributed by atoms with Crippen LogP contribution in [0, 0.1) is 0 Å². The molecule has 0 saturated heterocycles. The second kappa shape index (κ2) is 6.39. The van der Waals surface area contributed by atoms with E-state index >= 15 is 0 Å². The Balaban J connectivity index is 2.33. The van der Waals surface area contributed by atoms with Gasteiger partial charge in [-0.3, -0.25) is 0 Å². The van der Waals surface area contributed by atoms with Gasteiger partial charge in [0.25, 0.3) is 0 Å². The van der Waals surface area contributed by atoms with Crippen LogP contribution >= 0.6 is 0 Å². The Kier molecular flexibility index (Phi) is 4.84. The molecule has 2 nitrogen and oxygen atoms in total. The highest BCUT2D eigenvalue weighted by Gasteiger charge is 2.22. The first kappa shape index (κ1) is 13.6. The first-order chi connectivity index (χ1) is 8.74. The van der Waals surface area contributed by atoms with Crippen LogP contribution in [0.4, 0.5) is 0 Å². The van der Waals surface area contributed by atoms with Crippen molar-refractivity contribution in [3.8, 4) is 0 Å². The first-order valence-corrected chi connectivity index (χ1v) is 7.21. The fourth-order valence-electron chi connectivity index (χ4n) is 3.25. The van der Waals surface area contributed by atoms with E-state index in [0.29, 0.717) is 11.4 Å². The van der Waals surface area contributed by atoms with Crippen LogP contribution in [0.2, 0.25) is 0 Å². The van der Waals surface area contributed by atoms with E-state index in [1.807, 2.05) is 12.1 Å². The third-order valence-corrected chi connectivity index (χ3v) is 4.18. The van der Waals surface area contributed by atoms with E-state index in [9.17, 15) is 10.0 Å². The van der Waals surface area contributed by atoms with Crippen molar-refractivity contribution < 1.29 is 10.0 Å². The molecule has 0 radical (unpaired) electrons. The number of rotatable bonds is 3. The molecule has 0 atom stereocenters. The molecule has 1 aliphatic carbocycles. The highest BCUT2D eigenvalue weighted by atomic mass is 16.4. The molecule has 0 aromatic heterocycles. The summed E-state index contributed by atoms with van der Waals surface area (Å²) in [7, 11) is -1.34. The van der Waals surface area contributed by atoms with E-state index in [1.54, 1.807) is 0 Å². The summed E-state index contributed by atoms with van der Waals surface area (Å²) in [4.78, 5) is 0. The molecule has 1 saturated carbocycles. The van der Waals surface area contributed by atoms with E-state index in [4.69, 9.17) is 0 Å². The number of hydrogen-bond donors (Lipinski definition) is 2. The predicted octanol–water partition coefficient (Wildman–Crippen LogP) is 2.37. The van der Waals surface area contributed by atoms with Crippen LogP contribution in [0.25, 0.3) is 0 Å². The van der Waals surface area contributed by atoms with Gasteiger partial charge >= 0.3 is 7.12 Å². The molecule has 0 bridgehead atoms. The van der Waals surface area contributed by atoms with E-state index in [1.165, 1.54) is 44.1 Å². The van der Waals surface area contributed by atoms with Gasteiger partial charge in [0.15, 0.2) is 0 Å². The average Bonchev–Trinajstić information content (AvgIpc) is 2.66. The molecule has 98 valence electrons. The van der Waals surface area contributed by atoms with Crippen molar-refractivity contribution in [2.75, 3.05) is 0 Å². The molecule has 0 aliphatic heterocycles. The normalized spacial score (nSPS) is 17.5. The zero-order chi connectivity index (χ0) is 13.0. The molecular formula is C15H23BO2. The Hall–Kier alpha value is -0.795. The van der Waals surface area contributed by atoms with Crippen LogP contribution in [-0.4, -0.2) is 17.2 Å². The smallest absolute Gasteiger partial charge is 0.423 e. The van der Waals surface area contributed by atoms with Gasteiger partial charge in [-0.2, -0.15) is 0 Å². The van der Waals surface area contributed by atoms with Crippen molar-refractivity contribution in [3.05, 3.63) is 29.3 Å². The van der Waals surface area contributed by atoms with E-state index in [2.05, 4.69) is 13.0 Å². The minimum absolute atomic E-state index is 0.612. The van der Waals surface area contributed by atoms with Crippen LogP contribution < -0.4 is 5.46 Å². The van der Waals surface area contributed by atoms with Gasteiger partial charge in [-0.15, -0.1) is 0 Å². The van der Waals surface area contributed by atoms with Crippen LogP contribution in [0.5, 0.6) is 0 Å². The van der Waals surface area contributed by atoms with Gasteiger partial charge < -0.3 is 10.0 Å². The lowest BCUT2D eigenvalue weighted by Gasteiger charge is -2.20. The maximum absolute atomic E-state index is 9.47. The Morgan fingerprint density at radius 2 is 1.78 bits per heavy atom. The van der Waals surface area contributed by atoms with Crippen molar-refractivity contribution in [1.82, 2.24) is 0 Å². The zero-order valence-electron chi connectivity index (χ0n) is 11.2. The van der Waals surface area contributed by atoms with Crippen molar-refractivity contribution in [2.24, 2.45) is 0 Å². The summed E-state index contributed by atoms with van der Waals surface area (Å²) in [5.74, 6) is 0.612. The van der Waals surface area contributed by atoms with Gasteiger partial charge in [0.05, 0.1) is 0 Å². The summed E-state index contributed by atoms with van der Waals surface area (Å²) in [6.07, 6.45) is 8.68. The van der Waals surface area contributed by atoms with Gasteiger partial charge in [-0.05, 0) is 41.8 Å². The topological polar surface area (TPSA) is 40.5 Å². The summed E-state index contributed by atoms with van der Waals surface area (Å²) in [5.41, 5.74) is 3.20. The third-order valence-electron chi connectivity index (χ3n) is 4.18. The molecule has 2 N–H and O–H groups in total. The fraction of sp³-hybridized carbons (Fsp3) is 0.600. The molecule has 0 heterocycles. The second-order valence-electron chi connectivity index (χ2n) is 5.33. The maximum atomic E-state index is 9.47. The molecule has 0 amide bonds. The third kappa shape index (κ3) is 2.96. The molecule has 0 unspecified atom stereocenters. The largest absolute Gasteiger partial charge is 0.488 e. The summed E-state index contributed by atoms with van der Waals surface area (Å²) in [6.45, 7) is 2.10. The van der Waals surface area contributed by atoms with Crippen LogP contribution in [0.3, 0.4) is 0 Å². The van der Waals surface area contributed by atoms with Gasteiger partial charge in [0.1, 0.15) is 0 Å². The van der Waals surface area contributed by atoms with Crippen LogP contribution in [-0.2, 0) is 6.42 Å². The monoisotopic (exact) mass is 246 g/mol. The van der Waals surface area contributed by atoms with E-state index < -0.39 is 7.12 Å². The molecule has 18 heavy (non-hydrogen) atoms. The van der Waals surface area contributed by atoms with Crippen molar-refractivity contribution in [2.45, 2.75) is 57.8 Å². The van der Waals surface area contributed by atoms with Crippen molar-refractivity contribution >= 4 is 12.6 Å². The van der Waals surface area contributed by atoms with Crippen LogP contribution in [0.15, 0.2) is 18.2 Å². The fourth-order valence-corrected chi connectivity index (χ4v) is 3.25. The van der Waals surface area contributed by atoms with E-state index in [0.717, 1.165) is 12.0 Å². The lowest BCUT2D eigenvalue weighted by molar-refractivity contribution is 0.425. The minimum atomic E-state index is -1.34. The minimum Gasteiger partial charge on any atom is -0.423 e. The van der Waals surface area contributed by atoms with Gasteiger partial charge in [0, 0.05) is 0 Å². The van der Waals surface area contributed by atoms with Crippen molar-refractivity contribution in [1.29, 1.82) is 0 Å². The van der Waals surface area contributed by atoms with E-state index in [-0.39, 0.29) is 0 Å². The Bertz CT molecular complexity index is 382. The zero-order valence-corrected chi connectivity index (χ0v) is 11.2. The molecule has 2 rings (SSSR count). The standard InChI is InChI=1S/C15H23BO2/c1-2-13-14(10-7-11-15(13)16(17)18)12-8-5-3-4-6-9-12/h7,10-12,17-18H,2-6,8-9H2,1H3. The molecule has 1 aromatic carbocycles. The summed E-state index contributed by atoms with van der Waals surface area (Å²) >= 11 is 0. The van der Waals surface area contributed by atoms with Gasteiger partial charge in [-0.25, -0.2) is 0 Å². The molecular weight excluding hydrogens is 223 g/mol. The molecule has 1 aromatic rings. The second-order valence-corrected chi connectivity index (χ2v) is 5.33. The number of benzene rings is 1. The lowest BCUT2D eigenvalue weighted by Crippen LogP contribution is -2.34. The van der Waals surface area contributed by atoms with Gasteiger partial charge in [-0.1, -0.05) is 50.8 Å². The molecule has 3 heteroatoms. The predicted molar refractivity (Wildman–Crippen MR) is 76.1 cm³/mol. The molecule has 0 spiro atoms. The lowest BCUT2D eigenvalue weighted by atomic mass is 9.73. The Morgan fingerprint density at radius 3 is 2.33 bits per heavy atom. The SMILES string of the molecule is CCc1c(B(O)O)cccc1C1CCCCCC1. The Morgan fingerprint density at radius 1 is 1.11 bits per heavy atom. The Labute approximate surface area is 110 Å². The number of hydrogen-bond acceptors (Lipinski definition) is 2. The quantitative estimate of drug-likeness (QED) is 0.635. The average molecular weight is 246 g/mol. The molecule has 1 aliphatic rings. The highest BCUT2D eigenvalue weighted by Crippen LogP contribution is 2.33. The highest BCUT2D eigenvalue weighted by molar-refractivity contribution is 6.59. The van der Waals surface area contributed by atoms with Crippen molar-refractivity contribution in [3.63, 3.8) is 0 Å². The first-order valence-electron chi connectivity index (χ1n) is 7.21. The summed E-state index contributed by atoms with van der Waals surface area (Å²) < 4.78 is 0. The van der Waals surface area contributed by atoms with Gasteiger partial charge in [0.2, 0.25) is 0 Å².